The molecule has 0 spiro atoms. The van der Waals surface area contributed by atoms with Crippen LogP contribution in [0.5, 0.6) is 0 Å². The predicted molar refractivity (Wildman–Crippen MR) is 123 cm³/mol. The van der Waals surface area contributed by atoms with Gasteiger partial charge in [-0.2, -0.15) is 0 Å². The van der Waals surface area contributed by atoms with Gasteiger partial charge < -0.3 is 20.9 Å². The van der Waals surface area contributed by atoms with E-state index in [0.29, 0.717) is 34.6 Å². The van der Waals surface area contributed by atoms with Crippen molar-refractivity contribution in [3.05, 3.63) is 0 Å². The lowest BCUT2D eigenvalue weighted by atomic mass is 9.44. The molecule has 2 heterocycles. The van der Waals surface area contributed by atoms with Gasteiger partial charge >= 0.3 is 0 Å². The van der Waals surface area contributed by atoms with Crippen LogP contribution in [0.15, 0.2) is 0 Å². The van der Waals surface area contributed by atoms with Gasteiger partial charge in [0.2, 0.25) is 0 Å². The first kappa shape index (κ1) is 21.4. The van der Waals surface area contributed by atoms with Gasteiger partial charge in [0.15, 0.2) is 5.79 Å². The Morgan fingerprint density at radius 1 is 0.968 bits per heavy atom. The van der Waals surface area contributed by atoms with Crippen molar-refractivity contribution < 1.29 is 9.84 Å². The van der Waals surface area contributed by atoms with E-state index in [4.69, 9.17) is 10.5 Å². The number of ether oxygens (including phenoxy) is 1. The lowest BCUT2D eigenvalue weighted by Crippen LogP contribution is -2.68. The zero-order valence-electron chi connectivity index (χ0n) is 20.3. The Hall–Kier alpha value is -0.160. The van der Waals surface area contributed by atoms with Crippen LogP contribution in [-0.2, 0) is 4.74 Å². The van der Waals surface area contributed by atoms with Gasteiger partial charge in [-0.05, 0) is 110 Å². The van der Waals surface area contributed by atoms with Crippen molar-refractivity contribution in [2.24, 2.45) is 58.0 Å². The van der Waals surface area contributed by atoms with Gasteiger partial charge in [0.25, 0.3) is 0 Å². The van der Waals surface area contributed by atoms with Crippen LogP contribution in [0.4, 0.5) is 0 Å². The summed E-state index contributed by atoms with van der Waals surface area (Å²) in [7, 11) is 0. The first-order valence-electron chi connectivity index (χ1n) is 13.5. The third kappa shape index (κ3) is 2.87. The van der Waals surface area contributed by atoms with Crippen molar-refractivity contribution in [2.75, 3.05) is 6.54 Å². The normalized spacial score (nSPS) is 63.3. The highest BCUT2D eigenvalue weighted by Crippen LogP contribution is 2.69. The molecule has 4 aliphatic carbocycles. The van der Waals surface area contributed by atoms with Crippen LogP contribution in [0.2, 0.25) is 0 Å². The molecule has 0 bridgehead atoms. The molecule has 2 aliphatic heterocycles. The van der Waals surface area contributed by atoms with Gasteiger partial charge in [-0.1, -0.05) is 27.7 Å². The van der Waals surface area contributed by atoms with E-state index in [2.05, 4.69) is 33.0 Å². The van der Waals surface area contributed by atoms with E-state index >= 15 is 0 Å². The fourth-order valence-corrected chi connectivity index (χ4v) is 10.8. The van der Waals surface area contributed by atoms with Gasteiger partial charge in [-0.15, -0.1) is 0 Å². The maximum absolute atomic E-state index is 11.6. The molecule has 0 aromatic carbocycles. The predicted octanol–water partition coefficient (Wildman–Crippen LogP) is 4.30. The second-order valence-electron chi connectivity index (χ2n) is 13.6. The summed E-state index contributed by atoms with van der Waals surface area (Å²) in [6.07, 6.45) is 11.5. The van der Waals surface area contributed by atoms with Crippen LogP contribution >= 0.6 is 0 Å². The summed E-state index contributed by atoms with van der Waals surface area (Å²) in [6.45, 7) is 10.9. The smallest absolute Gasteiger partial charge is 0.181 e. The minimum atomic E-state index is -0.968. The van der Waals surface area contributed by atoms with Crippen LogP contribution in [-0.4, -0.2) is 35.6 Å². The molecule has 4 N–H and O–H groups in total. The molecule has 4 saturated carbocycles. The molecular formula is C27H46N2O2. The van der Waals surface area contributed by atoms with Crippen LogP contribution in [0.25, 0.3) is 0 Å². The number of hydrogen-bond acceptors (Lipinski definition) is 4. The Kier molecular flexibility index (Phi) is 4.78. The van der Waals surface area contributed by atoms with E-state index in [1.807, 2.05) is 0 Å². The maximum Gasteiger partial charge on any atom is 0.181 e. The summed E-state index contributed by atoms with van der Waals surface area (Å²) in [6, 6.07) is 0.525. The van der Waals surface area contributed by atoms with E-state index in [-0.39, 0.29) is 12.1 Å². The summed E-state index contributed by atoms with van der Waals surface area (Å²) >= 11 is 0. The summed E-state index contributed by atoms with van der Waals surface area (Å²) < 4.78 is 6.70. The summed E-state index contributed by atoms with van der Waals surface area (Å²) in [5.41, 5.74) is 7.27. The van der Waals surface area contributed by atoms with Crippen LogP contribution in [0, 0.1) is 52.3 Å². The van der Waals surface area contributed by atoms with Gasteiger partial charge in [0, 0.05) is 12.5 Å². The number of fused-ring (bicyclic) bond motifs is 8. The molecule has 6 rings (SSSR count). The van der Waals surface area contributed by atoms with E-state index in [1.165, 1.54) is 51.4 Å². The Bertz CT molecular complexity index is 730. The number of aliphatic hydroxyl groups is 1. The molecule has 176 valence electrons. The average molecular weight is 431 g/mol. The monoisotopic (exact) mass is 430 g/mol. The quantitative estimate of drug-likeness (QED) is 0.536. The first-order valence-corrected chi connectivity index (χ1v) is 13.5. The molecule has 6 fully saturated rings. The van der Waals surface area contributed by atoms with E-state index in [9.17, 15) is 5.11 Å². The van der Waals surface area contributed by atoms with Crippen molar-refractivity contribution in [2.45, 2.75) is 109 Å². The molecule has 0 unspecified atom stereocenters. The molecule has 0 amide bonds. The second-order valence-corrected chi connectivity index (χ2v) is 13.6. The largest absolute Gasteiger partial charge is 0.364 e. The van der Waals surface area contributed by atoms with Crippen LogP contribution < -0.4 is 11.1 Å². The lowest BCUT2D eigenvalue weighted by molar-refractivity contribution is -0.310. The average Bonchev–Trinajstić information content (AvgIpc) is 2.99. The van der Waals surface area contributed by atoms with Crippen molar-refractivity contribution in [1.29, 1.82) is 0 Å². The molecule has 0 radical (unpaired) electrons. The minimum absolute atomic E-state index is 0.0892. The molecule has 4 heteroatoms. The Morgan fingerprint density at radius 3 is 2.55 bits per heavy atom. The standard InChI is InChI=1S/C27H46N2O2/c1-15-13-27(30)24(29-14-15)16(2)23-22(31-27)12-21-19-6-5-17-11-18(28)7-9-25(17,3)20(19)8-10-26(21,23)4/h15-24,29-30H,5-14,28H2,1-4H3/t15-,16-,17-,18-,19+,20-,21-,22-,23-,24-,25-,26-,27+/m0/s1. The number of nitrogens with two attached hydrogens (primary N) is 1. The topological polar surface area (TPSA) is 67.5 Å². The highest BCUT2D eigenvalue weighted by molar-refractivity contribution is 5.15. The van der Waals surface area contributed by atoms with Gasteiger partial charge in [0.1, 0.15) is 0 Å². The number of rotatable bonds is 0. The number of nitrogens with one attached hydrogen (secondary N) is 1. The summed E-state index contributed by atoms with van der Waals surface area (Å²) in [4.78, 5) is 0. The molecule has 0 aromatic rings. The third-order valence-corrected chi connectivity index (χ3v) is 12.1. The Morgan fingerprint density at radius 2 is 1.74 bits per heavy atom. The first-order chi connectivity index (χ1) is 14.7. The van der Waals surface area contributed by atoms with Crippen molar-refractivity contribution in [1.82, 2.24) is 5.32 Å². The fourth-order valence-electron chi connectivity index (χ4n) is 10.8. The highest BCUT2D eigenvalue weighted by Gasteiger charge is 2.67. The molecule has 0 aromatic heterocycles. The zero-order chi connectivity index (χ0) is 21.8. The third-order valence-electron chi connectivity index (χ3n) is 12.1. The Labute approximate surface area is 189 Å². The lowest BCUT2D eigenvalue weighted by Gasteiger charge is -2.62. The zero-order valence-corrected chi connectivity index (χ0v) is 20.3. The van der Waals surface area contributed by atoms with Crippen molar-refractivity contribution >= 4 is 0 Å². The molecule has 4 nitrogen and oxygen atoms in total. The number of piperidine rings is 1. The molecular weight excluding hydrogens is 384 g/mol. The van der Waals surface area contributed by atoms with Crippen molar-refractivity contribution in [3.8, 4) is 0 Å². The van der Waals surface area contributed by atoms with Gasteiger partial charge in [0.05, 0.1) is 12.1 Å². The minimum Gasteiger partial charge on any atom is -0.364 e. The summed E-state index contributed by atoms with van der Waals surface area (Å²) in [5, 5.41) is 15.3. The van der Waals surface area contributed by atoms with Gasteiger partial charge in [-0.25, -0.2) is 0 Å². The van der Waals surface area contributed by atoms with Crippen LogP contribution in [0.3, 0.4) is 0 Å². The van der Waals surface area contributed by atoms with Gasteiger partial charge in [-0.3, -0.25) is 0 Å². The molecule has 6 aliphatic rings. The van der Waals surface area contributed by atoms with Crippen molar-refractivity contribution in [3.63, 3.8) is 0 Å². The molecule has 31 heavy (non-hydrogen) atoms. The maximum atomic E-state index is 11.6. The van der Waals surface area contributed by atoms with E-state index in [0.717, 1.165) is 36.6 Å². The van der Waals surface area contributed by atoms with E-state index < -0.39 is 5.79 Å². The molecule has 2 saturated heterocycles. The molecule has 13 atom stereocenters. The van der Waals surface area contributed by atoms with Crippen LogP contribution in [0.1, 0.15) is 85.5 Å². The highest BCUT2D eigenvalue weighted by atomic mass is 16.6. The van der Waals surface area contributed by atoms with E-state index in [1.54, 1.807) is 0 Å². The SMILES string of the molecule is C[C@@H]1CN[C@H]2[C@@H](C)[C@H]3[C@H](C[C@H]4[C@@H]5CC[C@H]6C[C@@H](N)CC[C@]6(C)[C@H]5CC[C@]34C)O[C@]2(O)C1. The Balaban J connectivity index is 1.30. The summed E-state index contributed by atoms with van der Waals surface area (Å²) in [5.74, 6) is 3.88. The second kappa shape index (κ2) is 6.93. The fraction of sp³-hybridized carbons (Fsp3) is 1.00. The number of hydrogen-bond donors (Lipinski definition) is 3.